The number of aliphatic imine (C=N–C) groups is 2. The Morgan fingerprint density at radius 1 is 0.664 bits per heavy atom. The molecule has 4 amide bonds. The van der Waals surface area contributed by atoms with Gasteiger partial charge in [-0.05, 0) is 145 Å². The molecule has 1 saturated heterocycles. The molecule has 128 heavy (non-hydrogen) atoms. The zero-order valence-electron chi connectivity index (χ0n) is 71.7. The average molecular weight is 1840 g/mol. The standard InChI is InChI=1S/C90H103N9O25S4/c1-55-8-15-67(16-9-55)127(108,109)31-20-72(101)58-10-12-59(13-11-58)85(104)94-52-89(2,3)53-117-54-90(4,5)120-51-63-47-97(96-95-63)22-24-115-26-28-116-27-25-114-23-21-91-86(105)60-14-17-74(121-83-42-73(102)84(103)80(48-100)122-83)79(35-60)124-128(110,111)123-66-33-56(49-118-77-40-70-68(38-75(77)112-6)87(106)98-45-61-18-29-125-81(61)36-64(98)43-92-70)32-57(34-66)50-119-78-41-71-69(39-76(78)113-7)88(107)99-46-62-19-30-126-82(62)37-65(99)44-93-71/h8-19,29-30,32-35,38-41,43-44,47,64-65,68,70,73,80,83-84,100,102-103H,20-28,31,36-37,42,45-46,48-54H2,1-7H3,(H,91,105)(H,94,104)/t64?,65-,68?,70?,73+,80+,83+,84?/m0/s1. The number of thiophene rings is 2. The summed E-state index contributed by atoms with van der Waals surface area (Å²) in [6.07, 6.45) is 3.92. The number of aliphatic hydroxyl groups excluding tert-OH is 3. The molecule has 0 spiro atoms. The second-order valence-electron chi connectivity index (χ2n) is 32.9. The summed E-state index contributed by atoms with van der Waals surface area (Å²) in [5.74, 6) is -2.92. The van der Waals surface area contributed by atoms with Crippen molar-refractivity contribution in [3.63, 3.8) is 0 Å². The lowest BCUT2D eigenvalue weighted by molar-refractivity contribution is -0.230. The number of nitrogens with zero attached hydrogens (tertiary/aromatic N) is 7. The van der Waals surface area contributed by atoms with Crippen LogP contribution in [0.25, 0.3) is 0 Å². The first-order valence-electron chi connectivity index (χ1n) is 41.7. The van der Waals surface area contributed by atoms with E-state index in [1.54, 1.807) is 87.2 Å². The molecular formula is C90H103N9O25S4. The van der Waals surface area contributed by atoms with Crippen molar-refractivity contribution < 1.29 is 117 Å². The highest BCUT2D eigenvalue weighted by molar-refractivity contribution is 7.91. The first kappa shape index (κ1) is 93.3. The van der Waals surface area contributed by atoms with Crippen molar-refractivity contribution in [1.82, 2.24) is 35.4 Å². The number of aliphatic hydroxyl groups is 3. The molecule has 0 saturated carbocycles. The Kier molecular flexibility index (Phi) is 30.4. The van der Waals surface area contributed by atoms with Gasteiger partial charge in [-0.15, -0.1) is 36.2 Å². The molecule has 4 unspecified atom stereocenters. The number of methoxy groups -OCH3 is 2. The maximum Gasteiger partial charge on any atom is 0.501 e. The fraction of sp³-hybridized carbons (Fsp3) is 0.433. The number of rotatable bonds is 43. The summed E-state index contributed by atoms with van der Waals surface area (Å²) in [6, 6.07) is 26.8. The van der Waals surface area contributed by atoms with E-state index < -0.39 is 86.1 Å². The molecule has 5 aromatic carbocycles. The van der Waals surface area contributed by atoms with Gasteiger partial charge in [0.2, 0.25) is 12.2 Å². The second-order valence-corrected chi connectivity index (χ2v) is 38.2. The minimum Gasteiger partial charge on any atom is -0.493 e. The number of carbonyl (C=O) groups is 5. The highest BCUT2D eigenvalue weighted by Gasteiger charge is 2.43. The monoisotopic (exact) mass is 1840 g/mol. The van der Waals surface area contributed by atoms with Gasteiger partial charge in [-0.3, -0.25) is 34.0 Å². The van der Waals surface area contributed by atoms with Crippen LogP contribution in [0.5, 0.6) is 28.7 Å². The third kappa shape index (κ3) is 24.0. The fourth-order valence-electron chi connectivity index (χ4n) is 15.0. The van der Waals surface area contributed by atoms with Crippen molar-refractivity contribution in [2.24, 2.45) is 21.3 Å². The normalized spacial score (nSPS) is 19.6. The van der Waals surface area contributed by atoms with E-state index in [-0.39, 0.29) is 165 Å². The molecule has 5 aliphatic heterocycles. The molecule has 34 nitrogen and oxygen atoms in total. The lowest BCUT2D eigenvalue weighted by Gasteiger charge is -2.36. The number of sulfone groups is 1. The maximum atomic E-state index is 14.5. The lowest BCUT2D eigenvalue weighted by Crippen LogP contribution is -2.51. The van der Waals surface area contributed by atoms with Gasteiger partial charge >= 0.3 is 10.4 Å². The third-order valence-corrected chi connectivity index (χ3v) is 26.5. The molecule has 6 aliphatic rings. The predicted molar refractivity (Wildman–Crippen MR) is 469 cm³/mol. The minimum atomic E-state index is -5.24. The largest absolute Gasteiger partial charge is 0.501 e. The van der Waals surface area contributed by atoms with Gasteiger partial charge in [0.25, 0.3) is 17.7 Å². The van der Waals surface area contributed by atoms with Gasteiger partial charge in [-0.25, -0.2) is 13.1 Å². The van der Waals surface area contributed by atoms with Gasteiger partial charge in [0, 0.05) is 102 Å². The Balaban J connectivity index is 0.541. The Morgan fingerprint density at radius 3 is 2.05 bits per heavy atom. The molecule has 5 N–H and O–H groups in total. The summed E-state index contributed by atoms with van der Waals surface area (Å²) < 4.78 is 133. The zero-order valence-corrected chi connectivity index (χ0v) is 75.0. The molecule has 1 aliphatic carbocycles. The quantitative estimate of drug-likeness (QED) is 0.0176. The molecule has 8 aromatic rings. The second kappa shape index (κ2) is 41.7. The minimum absolute atomic E-state index is 0.00651. The number of ketones is 1. The van der Waals surface area contributed by atoms with E-state index >= 15 is 0 Å². The first-order chi connectivity index (χ1) is 61.4. The molecule has 0 bridgehead atoms. The van der Waals surface area contributed by atoms with Crippen molar-refractivity contribution >= 4 is 90.4 Å². The van der Waals surface area contributed by atoms with Crippen LogP contribution in [-0.4, -0.2) is 240 Å². The number of hydrogen-bond donors (Lipinski definition) is 5. The molecule has 8 heterocycles. The van der Waals surface area contributed by atoms with Crippen molar-refractivity contribution in [1.29, 1.82) is 0 Å². The van der Waals surface area contributed by atoms with E-state index in [2.05, 4.69) is 20.9 Å². The average Bonchev–Trinajstić information content (AvgIpc) is 1.61. The molecule has 14 rings (SSSR count). The van der Waals surface area contributed by atoms with Crippen LogP contribution in [0.4, 0.5) is 5.69 Å². The van der Waals surface area contributed by atoms with Crippen LogP contribution in [0.2, 0.25) is 0 Å². The Hall–Kier alpha value is -10.9. The van der Waals surface area contributed by atoms with E-state index in [4.69, 9.17) is 70.5 Å². The summed E-state index contributed by atoms with van der Waals surface area (Å²) in [5, 5.41) is 49.4. The molecule has 3 aromatic heterocycles. The van der Waals surface area contributed by atoms with Crippen LogP contribution in [-0.2, 0) is 115 Å². The van der Waals surface area contributed by atoms with Crippen molar-refractivity contribution in [2.75, 3.05) is 92.5 Å². The molecular weight excluding hydrogens is 1740 g/mol. The van der Waals surface area contributed by atoms with Crippen LogP contribution in [0.3, 0.4) is 0 Å². The van der Waals surface area contributed by atoms with Gasteiger partial charge in [0.05, 0.1) is 151 Å². The van der Waals surface area contributed by atoms with Crippen LogP contribution < -0.4 is 33.2 Å². The van der Waals surface area contributed by atoms with Crippen molar-refractivity contribution in [2.45, 2.75) is 153 Å². The van der Waals surface area contributed by atoms with Gasteiger partial charge in [0.1, 0.15) is 36.9 Å². The number of nitrogens with one attached hydrogen (secondary N) is 2. The molecule has 1 fully saturated rings. The Morgan fingerprint density at radius 2 is 1.34 bits per heavy atom. The molecule has 0 radical (unpaired) electrons. The van der Waals surface area contributed by atoms with Gasteiger partial charge in [0.15, 0.2) is 50.1 Å². The SMILES string of the molecule is COC1=CC2C(=O)N3Cc4ccsc4CC3C=NC2C=C1OCc1cc(COc2cc3c(cc2OC)C(=O)N2Cc4ccsc4C[C@H]2C=N3)cc(OS(=O)(=O)Oc2cc(C(=O)NCCOCCOCCOCCn3cc(COC(C)(C)COCC(C)(C)CNC(=O)c4ccc(C(=O)CCS(=O)(=O)c5ccc(C)cc5)cc4)nn3)ccc2O[C@H]2C[C@@H](O)C(O)[C@@H](CO)O2)c1. The first-order valence-corrected chi connectivity index (χ1v) is 46.5. The van der Waals surface area contributed by atoms with Crippen LogP contribution in [0.15, 0.2) is 165 Å². The van der Waals surface area contributed by atoms with E-state index in [0.717, 1.165) is 22.8 Å². The number of fused-ring (bicyclic) bond motifs is 6. The maximum absolute atomic E-state index is 14.5. The van der Waals surface area contributed by atoms with Gasteiger partial charge in [-0.2, -0.15) is 0 Å². The number of ether oxygens (including phenoxy) is 11. The highest BCUT2D eigenvalue weighted by Crippen LogP contribution is 2.42. The lowest BCUT2D eigenvalue weighted by atomic mass is 9.91. The Bertz CT molecular complexity index is 5670. The number of benzene rings is 5. The summed E-state index contributed by atoms with van der Waals surface area (Å²) in [4.78, 5) is 84.2. The van der Waals surface area contributed by atoms with Crippen LogP contribution in [0, 0.1) is 18.3 Å². The molecule has 38 heteroatoms. The molecule has 682 valence electrons. The number of amides is 4. The predicted octanol–water partition coefficient (Wildman–Crippen LogP) is 8.75. The van der Waals surface area contributed by atoms with Crippen LogP contribution >= 0.6 is 22.7 Å². The zero-order chi connectivity index (χ0) is 90.4. The number of carbonyl (C=O) groups excluding carboxylic acids is 5. The number of aryl methyl sites for hydroxylation is 1. The summed E-state index contributed by atoms with van der Waals surface area (Å²) in [6.45, 7) is 11.9. The molecule has 8 atom stereocenters. The van der Waals surface area contributed by atoms with Crippen LogP contribution in [0.1, 0.15) is 125 Å². The van der Waals surface area contributed by atoms with Crippen molar-refractivity contribution in [3.8, 4) is 28.7 Å². The van der Waals surface area contributed by atoms with Crippen molar-refractivity contribution in [3.05, 3.63) is 215 Å². The highest BCUT2D eigenvalue weighted by atomic mass is 32.3. The van der Waals surface area contributed by atoms with Gasteiger partial charge < -0.3 is 96.2 Å². The van der Waals surface area contributed by atoms with E-state index in [0.29, 0.717) is 91.4 Å². The van der Waals surface area contributed by atoms with E-state index in [9.17, 15) is 56.1 Å². The summed E-state index contributed by atoms with van der Waals surface area (Å²) >= 11 is 3.29. The number of aromatic nitrogens is 3. The summed E-state index contributed by atoms with van der Waals surface area (Å²) in [7, 11) is -5.99. The smallest absolute Gasteiger partial charge is 0.493 e. The summed E-state index contributed by atoms with van der Waals surface area (Å²) in [5.41, 5.74) is 4.47. The van der Waals surface area contributed by atoms with E-state index in [1.807, 2.05) is 68.6 Å². The van der Waals surface area contributed by atoms with E-state index in [1.165, 1.54) is 84.6 Å². The fourth-order valence-corrected chi connectivity index (χ4v) is 18.9. The Labute approximate surface area is 748 Å². The number of Topliss-reactive ketones (excluding diaryl/α,β-unsaturated/α-hetero) is 1. The third-order valence-electron chi connectivity index (χ3n) is 22.0. The topological polar surface area (TPSA) is 420 Å². The number of hydrogen-bond acceptors (Lipinski definition) is 31. The van der Waals surface area contributed by atoms with Gasteiger partial charge in [-0.1, -0.05) is 48.9 Å².